The molecular weight excluding hydrogens is 392 g/mol. The van der Waals surface area contributed by atoms with E-state index in [4.69, 9.17) is 5.73 Å². The fraction of sp³-hybridized carbons (Fsp3) is 0.533. The molecule has 0 radical (unpaired) electrons. The smallest absolute Gasteiger partial charge is 0.387 e. The molecule has 148 valence electrons. The van der Waals surface area contributed by atoms with Gasteiger partial charge in [0.1, 0.15) is 10.6 Å². The summed E-state index contributed by atoms with van der Waals surface area (Å²) >= 11 is 0. The van der Waals surface area contributed by atoms with Gasteiger partial charge < -0.3 is 15.8 Å². The van der Waals surface area contributed by atoms with Crippen molar-refractivity contribution in [3.8, 4) is 5.75 Å². The van der Waals surface area contributed by atoms with Crippen molar-refractivity contribution in [1.82, 2.24) is 9.62 Å². The maximum atomic E-state index is 12.8. The van der Waals surface area contributed by atoms with E-state index in [0.29, 0.717) is 25.9 Å². The first-order chi connectivity index (χ1) is 11.9. The third-order valence-electron chi connectivity index (χ3n) is 3.88. The summed E-state index contributed by atoms with van der Waals surface area (Å²) in [4.78, 5) is 11.7. The maximum absolute atomic E-state index is 12.8. The van der Waals surface area contributed by atoms with Crippen molar-refractivity contribution in [3.05, 3.63) is 24.3 Å². The summed E-state index contributed by atoms with van der Waals surface area (Å²) in [5, 5.41) is 2.64. The first kappa shape index (κ1) is 22.6. The lowest BCUT2D eigenvalue weighted by molar-refractivity contribution is -0.126. The summed E-state index contributed by atoms with van der Waals surface area (Å²) in [6, 6.07) is 5.23. The van der Waals surface area contributed by atoms with Gasteiger partial charge in [-0.1, -0.05) is 12.1 Å². The van der Waals surface area contributed by atoms with E-state index in [9.17, 15) is 22.0 Å². The molecular formula is C15H22ClF2N3O4S. The van der Waals surface area contributed by atoms with Crippen LogP contribution in [-0.4, -0.2) is 51.4 Å². The zero-order chi connectivity index (χ0) is 18.4. The molecule has 1 aromatic carbocycles. The minimum atomic E-state index is -4.05. The molecule has 1 atom stereocenters. The number of nitrogens with one attached hydrogen (secondary N) is 1. The number of piperidine rings is 1. The second kappa shape index (κ2) is 10.0. The second-order valence-corrected chi connectivity index (χ2v) is 7.51. The topological polar surface area (TPSA) is 102 Å². The van der Waals surface area contributed by atoms with E-state index in [1.165, 1.54) is 24.3 Å². The van der Waals surface area contributed by atoms with E-state index in [2.05, 4.69) is 10.1 Å². The zero-order valence-electron chi connectivity index (χ0n) is 13.9. The minimum absolute atomic E-state index is 0. The van der Waals surface area contributed by atoms with Gasteiger partial charge in [-0.3, -0.25) is 4.79 Å². The number of rotatable bonds is 7. The Morgan fingerprint density at radius 3 is 2.73 bits per heavy atom. The van der Waals surface area contributed by atoms with E-state index in [0.717, 1.165) is 4.31 Å². The molecule has 1 amide bonds. The van der Waals surface area contributed by atoms with Gasteiger partial charge in [-0.15, -0.1) is 12.4 Å². The average Bonchev–Trinajstić information content (AvgIpc) is 2.59. The predicted octanol–water partition coefficient (Wildman–Crippen LogP) is 1.19. The van der Waals surface area contributed by atoms with Crippen molar-refractivity contribution < 1.29 is 26.7 Å². The molecule has 2 rings (SSSR count). The van der Waals surface area contributed by atoms with Crippen molar-refractivity contribution >= 4 is 28.3 Å². The standard InChI is InChI=1S/C15H21F2N3O4S.ClH/c16-15(17)24-12-5-1-2-6-13(12)25(22,23)20-9-3-4-11(10-20)14(21)19-8-7-18;/h1-2,5-6,11,15H,3-4,7-10,18H2,(H,19,21);1H. The van der Waals surface area contributed by atoms with Gasteiger partial charge in [0.2, 0.25) is 15.9 Å². The normalized spacial score (nSPS) is 18.2. The van der Waals surface area contributed by atoms with Crippen LogP contribution in [0.4, 0.5) is 8.78 Å². The Balaban J connectivity index is 0.00000338. The molecule has 0 bridgehead atoms. The Kier molecular flexibility index (Phi) is 8.68. The fourth-order valence-corrected chi connectivity index (χ4v) is 4.35. The second-order valence-electron chi connectivity index (χ2n) is 5.61. The molecule has 0 aromatic heterocycles. The Labute approximate surface area is 157 Å². The van der Waals surface area contributed by atoms with Gasteiger partial charge in [0.15, 0.2) is 0 Å². The highest BCUT2D eigenvalue weighted by Crippen LogP contribution is 2.30. The number of benzene rings is 1. The Hall–Kier alpha value is -1.49. The summed E-state index contributed by atoms with van der Waals surface area (Å²) in [5.41, 5.74) is 5.34. The van der Waals surface area contributed by atoms with E-state index < -0.39 is 28.3 Å². The number of carbonyl (C=O) groups excluding carboxylic acids is 1. The number of halogens is 3. The number of amides is 1. The highest BCUT2D eigenvalue weighted by molar-refractivity contribution is 7.89. The molecule has 1 unspecified atom stereocenters. The first-order valence-electron chi connectivity index (χ1n) is 7.88. The van der Waals surface area contributed by atoms with Gasteiger partial charge >= 0.3 is 6.61 Å². The molecule has 1 aliphatic heterocycles. The third kappa shape index (κ3) is 5.50. The van der Waals surface area contributed by atoms with E-state index in [1.54, 1.807) is 0 Å². The van der Waals surface area contributed by atoms with Crippen LogP contribution in [-0.2, 0) is 14.8 Å². The molecule has 0 aliphatic carbocycles. The molecule has 1 aliphatic rings. The number of para-hydroxylation sites is 1. The van der Waals surface area contributed by atoms with Crippen LogP contribution in [0.15, 0.2) is 29.2 Å². The van der Waals surface area contributed by atoms with E-state index >= 15 is 0 Å². The van der Waals surface area contributed by atoms with Crippen LogP contribution in [0, 0.1) is 5.92 Å². The number of nitrogens with two attached hydrogens (primary N) is 1. The van der Waals surface area contributed by atoms with Crippen LogP contribution in [0.3, 0.4) is 0 Å². The summed E-state index contributed by atoms with van der Waals surface area (Å²) < 4.78 is 56.1. The van der Waals surface area contributed by atoms with Crippen molar-refractivity contribution in [2.45, 2.75) is 24.3 Å². The van der Waals surface area contributed by atoms with Crippen LogP contribution >= 0.6 is 12.4 Å². The Morgan fingerprint density at radius 2 is 2.08 bits per heavy atom. The zero-order valence-corrected chi connectivity index (χ0v) is 15.6. The van der Waals surface area contributed by atoms with Crippen molar-refractivity contribution in [3.63, 3.8) is 0 Å². The lowest BCUT2D eigenvalue weighted by Gasteiger charge is -2.31. The molecule has 3 N–H and O–H groups in total. The highest BCUT2D eigenvalue weighted by atomic mass is 35.5. The van der Waals surface area contributed by atoms with Gasteiger partial charge in [-0.25, -0.2) is 8.42 Å². The van der Waals surface area contributed by atoms with Gasteiger partial charge in [0.05, 0.1) is 5.92 Å². The first-order valence-corrected chi connectivity index (χ1v) is 9.32. The lowest BCUT2D eigenvalue weighted by Crippen LogP contribution is -2.46. The van der Waals surface area contributed by atoms with Crippen LogP contribution < -0.4 is 15.8 Å². The van der Waals surface area contributed by atoms with Crippen molar-refractivity contribution in [1.29, 1.82) is 0 Å². The monoisotopic (exact) mass is 413 g/mol. The highest BCUT2D eigenvalue weighted by Gasteiger charge is 2.35. The molecule has 0 saturated carbocycles. The number of alkyl halides is 2. The minimum Gasteiger partial charge on any atom is -0.433 e. The largest absolute Gasteiger partial charge is 0.433 e. The maximum Gasteiger partial charge on any atom is 0.387 e. The van der Waals surface area contributed by atoms with E-state index in [1.807, 2.05) is 0 Å². The summed E-state index contributed by atoms with van der Waals surface area (Å²) in [6.07, 6.45) is 1.05. The average molecular weight is 414 g/mol. The Morgan fingerprint density at radius 1 is 1.38 bits per heavy atom. The van der Waals surface area contributed by atoms with Crippen molar-refractivity contribution in [2.75, 3.05) is 26.2 Å². The third-order valence-corrected chi connectivity index (χ3v) is 5.79. The molecule has 11 heteroatoms. The summed E-state index contributed by atoms with van der Waals surface area (Å²) in [7, 11) is -4.05. The molecule has 26 heavy (non-hydrogen) atoms. The molecule has 0 spiro atoms. The predicted molar refractivity (Wildman–Crippen MR) is 93.9 cm³/mol. The molecule has 1 heterocycles. The molecule has 1 aromatic rings. The van der Waals surface area contributed by atoms with Crippen LogP contribution in [0.25, 0.3) is 0 Å². The number of nitrogens with zero attached hydrogens (tertiary/aromatic N) is 1. The number of ether oxygens (including phenoxy) is 1. The van der Waals surface area contributed by atoms with Crippen LogP contribution in [0.5, 0.6) is 5.75 Å². The van der Waals surface area contributed by atoms with Crippen LogP contribution in [0.1, 0.15) is 12.8 Å². The number of carbonyl (C=O) groups is 1. The van der Waals surface area contributed by atoms with Gasteiger partial charge in [0.25, 0.3) is 0 Å². The number of sulfonamides is 1. The van der Waals surface area contributed by atoms with E-state index in [-0.39, 0.29) is 36.3 Å². The quantitative estimate of drug-likeness (QED) is 0.699. The van der Waals surface area contributed by atoms with Gasteiger partial charge in [0, 0.05) is 26.2 Å². The number of hydrogen-bond acceptors (Lipinski definition) is 5. The molecule has 7 nitrogen and oxygen atoms in total. The Bertz CT molecular complexity index is 706. The lowest BCUT2D eigenvalue weighted by atomic mass is 9.99. The summed E-state index contributed by atoms with van der Waals surface area (Å²) in [5.74, 6) is -1.17. The SMILES string of the molecule is Cl.NCCNC(=O)C1CCCN(S(=O)(=O)c2ccccc2OC(F)F)C1. The van der Waals surface area contributed by atoms with Gasteiger partial charge in [-0.2, -0.15) is 13.1 Å². The number of hydrogen-bond donors (Lipinski definition) is 2. The van der Waals surface area contributed by atoms with Crippen molar-refractivity contribution in [2.24, 2.45) is 11.7 Å². The van der Waals surface area contributed by atoms with Crippen LogP contribution in [0.2, 0.25) is 0 Å². The molecule has 1 saturated heterocycles. The summed E-state index contributed by atoms with van der Waals surface area (Å²) in [6.45, 7) is -2.33. The fourth-order valence-electron chi connectivity index (χ4n) is 2.71. The van der Waals surface area contributed by atoms with Gasteiger partial charge in [-0.05, 0) is 25.0 Å². The molecule has 1 fully saturated rings.